The van der Waals surface area contributed by atoms with E-state index in [1.807, 2.05) is 30.9 Å². The smallest absolute Gasteiger partial charge is 0.142 e. The number of hydrogen-bond donors (Lipinski definition) is 1. The Morgan fingerprint density at radius 3 is 2.40 bits per heavy atom. The van der Waals surface area contributed by atoms with Gasteiger partial charge in [0, 0.05) is 18.1 Å². The number of nitrogens with one attached hydrogen (secondary N) is 1. The van der Waals surface area contributed by atoms with Crippen LogP contribution in [0.5, 0.6) is 0 Å². The van der Waals surface area contributed by atoms with E-state index in [4.69, 9.17) is 3.07 Å². The SMILES string of the molecule is BC(CNC(C)(C)C)OI. The van der Waals surface area contributed by atoms with Gasteiger partial charge in [0.1, 0.15) is 30.9 Å². The van der Waals surface area contributed by atoms with E-state index in [9.17, 15) is 0 Å². The lowest BCUT2D eigenvalue weighted by atomic mass is 9.99. The van der Waals surface area contributed by atoms with E-state index in [-0.39, 0.29) is 5.54 Å². The Balaban J connectivity index is 3.36. The quantitative estimate of drug-likeness (QED) is 0.592. The lowest BCUT2D eigenvalue weighted by Gasteiger charge is -2.22. The summed E-state index contributed by atoms with van der Waals surface area (Å²) in [4.78, 5) is 0. The summed E-state index contributed by atoms with van der Waals surface area (Å²) >= 11 is 1.92. The van der Waals surface area contributed by atoms with Gasteiger partial charge in [-0.1, -0.05) is 0 Å². The van der Waals surface area contributed by atoms with Crippen LogP contribution in [0, 0.1) is 0 Å². The van der Waals surface area contributed by atoms with Gasteiger partial charge < -0.3 is 8.38 Å². The molecule has 1 atom stereocenters. The summed E-state index contributed by atoms with van der Waals surface area (Å²) in [5.74, 6) is 0. The third-order valence-electron chi connectivity index (χ3n) is 1.07. The van der Waals surface area contributed by atoms with Crippen molar-refractivity contribution in [3.63, 3.8) is 0 Å². The molecule has 0 amide bonds. The van der Waals surface area contributed by atoms with E-state index < -0.39 is 0 Å². The van der Waals surface area contributed by atoms with Crippen LogP contribution in [0.15, 0.2) is 0 Å². The van der Waals surface area contributed by atoms with Gasteiger partial charge in [-0.2, -0.15) is 0 Å². The molecule has 0 bridgehead atoms. The summed E-state index contributed by atoms with van der Waals surface area (Å²) in [6.07, 6.45) is 0. The molecule has 0 radical (unpaired) electrons. The molecule has 60 valence electrons. The number of halogens is 1. The van der Waals surface area contributed by atoms with Crippen molar-refractivity contribution in [1.29, 1.82) is 0 Å². The monoisotopic (exact) mass is 255 g/mol. The van der Waals surface area contributed by atoms with Crippen LogP contribution in [-0.4, -0.2) is 25.9 Å². The lowest BCUT2D eigenvalue weighted by Crippen LogP contribution is -2.41. The standard InChI is InChI=1S/C6H15BINO/c1-6(2,3)9-4-5(7)10-8/h5,9H,4,7H2,1-3H3. The van der Waals surface area contributed by atoms with E-state index in [1.54, 1.807) is 0 Å². The molecule has 2 nitrogen and oxygen atoms in total. The van der Waals surface area contributed by atoms with Crippen molar-refractivity contribution >= 4 is 30.9 Å². The highest BCUT2D eigenvalue weighted by molar-refractivity contribution is 14.1. The first kappa shape index (κ1) is 10.7. The van der Waals surface area contributed by atoms with Crippen molar-refractivity contribution in [3.05, 3.63) is 0 Å². The summed E-state index contributed by atoms with van der Waals surface area (Å²) in [5, 5.41) is 3.34. The zero-order valence-corrected chi connectivity index (χ0v) is 9.23. The largest absolute Gasteiger partial charge is 0.321 e. The highest BCUT2D eigenvalue weighted by Gasteiger charge is 2.10. The van der Waals surface area contributed by atoms with Gasteiger partial charge in [0.2, 0.25) is 0 Å². The summed E-state index contributed by atoms with van der Waals surface area (Å²) in [7, 11) is 2.05. The average molecular weight is 255 g/mol. The van der Waals surface area contributed by atoms with E-state index in [2.05, 4.69) is 26.1 Å². The van der Waals surface area contributed by atoms with Gasteiger partial charge in [-0.25, -0.2) is 0 Å². The van der Waals surface area contributed by atoms with Gasteiger partial charge in [-0.15, -0.1) is 0 Å². The maximum absolute atomic E-state index is 5.05. The molecule has 0 aromatic carbocycles. The zero-order valence-electron chi connectivity index (χ0n) is 7.07. The molecule has 1 N–H and O–H groups in total. The molecule has 10 heavy (non-hydrogen) atoms. The minimum absolute atomic E-state index is 0.198. The van der Waals surface area contributed by atoms with Crippen molar-refractivity contribution in [1.82, 2.24) is 5.32 Å². The molecule has 0 heterocycles. The topological polar surface area (TPSA) is 21.3 Å². The normalized spacial score (nSPS) is 15.2. The number of hydrogen-bond acceptors (Lipinski definition) is 2. The molecule has 0 aliphatic rings. The molecule has 0 fully saturated rings. The lowest BCUT2D eigenvalue weighted by molar-refractivity contribution is 0.324. The van der Waals surface area contributed by atoms with E-state index in [1.165, 1.54) is 0 Å². The van der Waals surface area contributed by atoms with Crippen molar-refractivity contribution in [2.45, 2.75) is 32.3 Å². The molecular formula is C6H15BINO. The zero-order chi connectivity index (χ0) is 8.20. The van der Waals surface area contributed by atoms with Gasteiger partial charge in [0.25, 0.3) is 0 Å². The average Bonchev–Trinajstić information content (AvgIpc) is 1.81. The van der Waals surface area contributed by atoms with Crippen LogP contribution in [0.3, 0.4) is 0 Å². The minimum atomic E-state index is 0.198. The van der Waals surface area contributed by atoms with Gasteiger partial charge in [0.05, 0.1) is 0 Å². The Bertz CT molecular complexity index is 94.2. The van der Waals surface area contributed by atoms with E-state index >= 15 is 0 Å². The van der Waals surface area contributed by atoms with Crippen LogP contribution in [0.2, 0.25) is 0 Å². The molecule has 0 aliphatic heterocycles. The third kappa shape index (κ3) is 6.83. The predicted octanol–water partition coefficient (Wildman–Crippen LogP) is 0.700. The maximum atomic E-state index is 5.05. The summed E-state index contributed by atoms with van der Waals surface area (Å²) in [5.41, 5.74) is 0.198. The summed E-state index contributed by atoms with van der Waals surface area (Å²) < 4.78 is 5.05. The van der Waals surface area contributed by atoms with Gasteiger partial charge >= 0.3 is 0 Å². The van der Waals surface area contributed by atoms with E-state index in [0.717, 1.165) is 6.54 Å². The molecular weight excluding hydrogens is 240 g/mol. The fraction of sp³-hybridized carbons (Fsp3) is 1.00. The van der Waals surface area contributed by atoms with Gasteiger partial charge in [-0.05, 0) is 20.8 Å². The Hall–Kier alpha value is 0.715. The second-order valence-corrected chi connectivity index (χ2v) is 4.04. The molecule has 0 aromatic heterocycles. The highest BCUT2D eigenvalue weighted by Crippen LogP contribution is 1.99. The van der Waals surface area contributed by atoms with Crippen LogP contribution in [0.1, 0.15) is 20.8 Å². The van der Waals surface area contributed by atoms with Crippen LogP contribution in [0.25, 0.3) is 0 Å². The second-order valence-electron chi connectivity index (χ2n) is 3.53. The number of rotatable bonds is 3. The molecule has 0 rings (SSSR count). The van der Waals surface area contributed by atoms with Crippen LogP contribution in [-0.2, 0) is 3.07 Å². The molecule has 0 spiro atoms. The van der Waals surface area contributed by atoms with Crippen LogP contribution in [0.4, 0.5) is 0 Å². The van der Waals surface area contributed by atoms with Crippen LogP contribution < -0.4 is 5.32 Å². The Kier molecular flexibility index (Phi) is 4.89. The first-order chi connectivity index (χ1) is 4.45. The van der Waals surface area contributed by atoms with Crippen LogP contribution >= 0.6 is 23.0 Å². The van der Waals surface area contributed by atoms with Crippen molar-refractivity contribution in [2.24, 2.45) is 0 Å². The molecule has 0 saturated heterocycles. The Labute approximate surface area is 78.2 Å². The molecule has 0 aliphatic carbocycles. The highest BCUT2D eigenvalue weighted by atomic mass is 127. The predicted molar refractivity (Wildman–Crippen MR) is 55.2 cm³/mol. The van der Waals surface area contributed by atoms with E-state index in [0.29, 0.717) is 6.00 Å². The van der Waals surface area contributed by atoms with Gasteiger partial charge in [-0.3, -0.25) is 0 Å². The van der Waals surface area contributed by atoms with Crippen molar-refractivity contribution in [3.8, 4) is 0 Å². The summed E-state index contributed by atoms with van der Waals surface area (Å²) in [6, 6.07) is 0.292. The van der Waals surface area contributed by atoms with Crippen molar-refractivity contribution in [2.75, 3.05) is 6.54 Å². The Morgan fingerprint density at radius 1 is 1.60 bits per heavy atom. The Morgan fingerprint density at radius 2 is 2.10 bits per heavy atom. The maximum Gasteiger partial charge on any atom is 0.142 e. The minimum Gasteiger partial charge on any atom is -0.321 e. The first-order valence-electron chi connectivity index (χ1n) is 3.48. The van der Waals surface area contributed by atoms with Crippen molar-refractivity contribution < 1.29 is 3.07 Å². The first-order valence-corrected chi connectivity index (χ1v) is 4.36. The second kappa shape index (κ2) is 4.56. The molecule has 0 aromatic rings. The molecule has 1 unspecified atom stereocenters. The molecule has 4 heteroatoms. The summed E-state index contributed by atoms with van der Waals surface area (Å²) in [6.45, 7) is 7.35. The fourth-order valence-electron chi connectivity index (χ4n) is 0.481. The third-order valence-corrected chi connectivity index (χ3v) is 1.94. The molecule has 0 saturated carbocycles. The van der Waals surface area contributed by atoms with Gasteiger partial charge in [0.15, 0.2) is 0 Å². The fourth-order valence-corrected chi connectivity index (χ4v) is 0.661.